The van der Waals surface area contributed by atoms with Gasteiger partial charge in [0, 0.05) is 18.6 Å². The van der Waals surface area contributed by atoms with Crippen LogP contribution in [0.1, 0.15) is 19.3 Å². The van der Waals surface area contributed by atoms with Crippen molar-refractivity contribution in [2.45, 2.75) is 24.8 Å². The summed E-state index contributed by atoms with van der Waals surface area (Å²) in [6.45, 7) is 17.7. The Morgan fingerprint density at radius 2 is 1.35 bits per heavy atom. The predicted octanol–water partition coefficient (Wildman–Crippen LogP) is 2.90. The van der Waals surface area contributed by atoms with Crippen molar-refractivity contribution in [2.24, 2.45) is 5.73 Å². The summed E-state index contributed by atoms with van der Waals surface area (Å²) in [5, 5.41) is 0. The lowest BCUT2D eigenvalue weighted by Crippen LogP contribution is -2.49. The summed E-state index contributed by atoms with van der Waals surface area (Å²) in [6.07, 6.45) is 10.5. The van der Waals surface area contributed by atoms with Gasteiger partial charge in [0.25, 0.3) is 0 Å². The number of rotatable bonds is 11. The highest BCUT2D eigenvalue weighted by atomic mass is 15.2. The van der Waals surface area contributed by atoms with E-state index in [4.69, 9.17) is 5.73 Å². The van der Waals surface area contributed by atoms with E-state index < -0.39 is 0 Å². The summed E-state index contributed by atoms with van der Waals surface area (Å²) < 4.78 is 0. The standard InChI is InChI=1S/C15H26N2/c1-5-9-15(10-6-2,11-12-16)17(13-7-3)14-8-4/h5-8H,1-4,9-14,16H2. The first-order valence-corrected chi connectivity index (χ1v) is 6.09. The molecule has 17 heavy (non-hydrogen) atoms. The second-order valence-corrected chi connectivity index (χ2v) is 4.23. The number of nitrogens with zero attached hydrogens (tertiary/aromatic N) is 1. The minimum Gasteiger partial charge on any atom is -0.330 e. The molecule has 0 saturated heterocycles. The Bertz CT molecular complexity index is 236. The van der Waals surface area contributed by atoms with Crippen LogP contribution < -0.4 is 5.73 Å². The lowest BCUT2D eigenvalue weighted by atomic mass is 9.85. The molecule has 0 unspecified atom stereocenters. The molecule has 0 aliphatic heterocycles. The molecule has 0 aliphatic carbocycles. The Hall–Kier alpha value is -1.12. The third kappa shape index (κ3) is 4.72. The zero-order valence-electron chi connectivity index (χ0n) is 10.9. The van der Waals surface area contributed by atoms with Gasteiger partial charge in [-0.2, -0.15) is 0 Å². The molecule has 0 aliphatic rings. The van der Waals surface area contributed by atoms with Crippen molar-refractivity contribution in [3.8, 4) is 0 Å². The van der Waals surface area contributed by atoms with Gasteiger partial charge in [-0.3, -0.25) is 4.90 Å². The molecule has 2 nitrogen and oxygen atoms in total. The average molecular weight is 234 g/mol. The van der Waals surface area contributed by atoms with Crippen LogP contribution >= 0.6 is 0 Å². The summed E-state index contributed by atoms with van der Waals surface area (Å²) in [7, 11) is 0. The molecule has 0 aromatic heterocycles. The second-order valence-electron chi connectivity index (χ2n) is 4.23. The third-order valence-corrected chi connectivity index (χ3v) is 3.03. The molecule has 0 atom stereocenters. The normalized spacial score (nSPS) is 11.2. The number of nitrogens with two attached hydrogens (primary N) is 1. The van der Waals surface area contributed by atoms with Gasteiger partial charge in [-0.05, 0) is 25.8 Å². The summed E-state index contributed by atoms with van der Waals surface area (Å²) in [5.41, 5.74) is 5.76. The third-order valence-electron chi connectivity index (χ3n) is 3.03. The average Bonchev–Trinajstić information content (AvgIpc) is 2.29. The van der Waals surface area contributed by atoms with Gasteiger partial charge in [0.2, 0.25) is 0 Å². The van der Waals surface area contributed by atoms with Crippen molar-refractivity contribution in [1.29, 1.82) is 0 Å². The van der Waals surface area contributed by atoms with Crippen LogP contribution in [0.2, 0.25) is 0 Å². The Kier molecular flexibility index (Phi) is 8.38. The van der Waals surface area contributed by atoms with Crippen molar-refractivity contribution < 1.29 is 0 Å². The smallest absolute Gasteiger partial charge is 0.0296 e. The minimum absolute atomic E-state index is 0.000625. The summed E-state index contributed by atoms with van der Waals surface area (Å²) >= 11 is 0. The Balaban J connectivity index is 5.12. The van der Waals surface area contributed by atoms with Gasteiger partial charge in [-0.25, -0.2) is 0 Å². The largest absolute Gasteiger partial charge is 0.330 e. The molecular formula is C15H26N2. The van der Waals surface area contributed by atoms with Crippen LogP contribution in [-0.4, -0.2) is 30.1 Å². The van der Waals surface area contributed by atoms with E-state index in [0.29, 0.717) is 6.54 Å². The molecule has 0 radical (unpaired) electrons. The first-order chi connectivity index (χ1) is 8.20. The van der Waals surface area contributed by atoms with Gasteiger partial charge in [0.05, 0.1) is 0 Å². The molecule has 0 aromatic carbocycles. The van der Waals surface area contributed by atoms with Crippen LogP contribution in [0.5, 0.6) is 0 Å². The molecule has 0 heterocycles. The molecule has 0 spiro atoms. The van der Waals surface area contributed by atoms with Crippen LogP contribution in [0.3, 0.4) is 0 Å². The Morgan fingerprint density at radius 3 is 1.65 bits per heavy atom. The van der Waals surface area contributed by atoms with E-state index in [1.54, 1.807) is 0 Å². The molecule has 0 fully saturated rings. The van der Waals surface area contributed by atoms with E-state index in [0.717, 1.165) is 32.4 Å². The molecule has 2 N–H and O–H groups in total. The maximum atomic E-state index is 5.76. The highest BCUT2D eigenvalue weighted by Crippen LogP contribution is 2.28. The minimum atomic E-state index is 0.000625. The summed E-state index contributed by atoms with van der Waals surface area (Å²) in [6, 6.07) is 0. The maximum absolute atomic E-state index is 5.76. The van der Waals surface area contributed by atoms with Gasteiger partial charge in [-0.15, -0.1) is 26.3 Å². The lowest BCUT2D eigenvalue weighted by molar-refractivity contribution is 0.111. The zero-order chi connectivity index (χ0) is 13.1. The van der Waals surface area contributed by atoms with E-state index in [1.165, 1.54) is 0 Å². The lowest BCUT2D eigenvalue weighted by Gasteiger charge is -2.42. The summed E-state index contributed by atoms with van der Waals surface area (Å²) in [5.74, 6) is 0. The van der Waals surface area contributed by atoms with Crippen molar-refractivity contribution in [1.82, 2.24) is 4.90 Å². The monoisotopic (exact) mass is 234 g/mol. The zero-order valence-corrected chi connectivity index (χ0v) is 10.9. The SMILES string of the molecule is C=CCN(CC=C)C(CC=C)(CC=C)CCN. The molecule has 0 amide bonds. The highest BCUT2D eigenvalue weighted by Gasteiger charge is 2.32. The quantitative estimate of drug-likeness (QED) is 0.557. The maximum Gasteiger partial charge on any atom is 0.0296 e. The van der Waals surface area contributed by atoms with Gasteiger partial charge < -0.3 is 5.73 Å². The topological polar surface area (TPSA) is 29.3 Å². The number of hydrogen-bond acceptors (Lipinski definition) is 2. The summed E-state index contributed by atoms with van der Waals surface area (Å²) in [4.78, 5) is 2.35. The molecule has 0 aromatic rings. The fraction of sp³-hybridized carbons (Fsp3) is 0.467. The van der Waals surface area contributed by atoms with Gasteiger partial charge in [0.1, 0.15) is 0 Å². The van der Waals surface area contributed by atoms with Crippen molar-refractivity contribution >= 4 is 0 Å². The van der Waals surface area contributed by atoms with Crippen molar-refractivity contribution in [3.05, 3.63) is 50.6 Å². The number of hydrogen-bond donors (Lipinski definition) is 1. The van der Waals surface area contributed by atoms with Crippen molar-refractivity contribution in [2.75, 3.05) is 19.6 Å². The molecule has 0 rings (SSSR count). The first-order valence-electron chi connectivity index (χ1n) is 6.09. The second kappa shape index (κ2) is 8.97. The molecular weight excluding hydrogens is 208 g/mol. The molecule has 0 saturated carbocycles. The van der Waals surface area contributed by atoms with Gasteiger partial charge >= 0.3 is 0 Å². The van der Waals surface area contributed by atoms with E-state index in [2.05, 4.69) is 31.2 Å². The van der Waals surface area contributed by atoms with E-state index >= 15 is 0 Å². The first kappa shape index (κ1) is 15.9. The van der Waals surface area contributed by atoms with E-state index in [-0.39, 0.29) is 5.54 Å². The fourth-order valence-electron chi connectivity index (χ4n) is 2.28. The predicted molar refractivity (Wildman–Crippen MR) is 78.0 cm³/mol. The van der Waals surface area contributed by atoms with Crippen LogP contribution in [0, 0.1) is 0 Å². The highest BCUT2D eigenvalue weighted by molar-refractivity contribution is 5.02. The molecule has 96 valence electrons. The Labute approximate surface area is 106 Å². The van der Waals surface area contributed by atoms with E-state index in [1.807, 2.05) is 24.3 Å². The van der Waals surface area contributed by atoms with Crippen LogP contribution in [-0.2, 0) is 0 Å². The Morgan fingerprint density at radius 1 is 0.882 bits per heavy atom. The fourth-order valence-corrected chi connectivity index (χ4v) is 2.28. The van der Waals surface area contributed by atoms with Crippen LogP contribution in [0.15, 0.2) is 50.6 Å². The van der Waals surface area contributed by atoms with Gasteiger partial charge in [0.15, 0.2) is 0 Å². The van der Waals surface area contributed by atoms with Crippen LogP contribution in [0.4, 0.5) is 0 Å². The van der Waals surface area contributed by atoms with Crippen molar-refractivity contribution in [3.63, 3.8) is 0 Å². The van der Waals surface area contributed by atoms with Crippen LogP contribution in [0.25, 0.3) is 0 Å². The molecule has 2 heteroatoms. The van der Waals surface area contributed by atoms with Gasteiger partial charge in [-0.1, -0.05) is 24.3 Å². The molecule has 0 bridgehead atoms. The van der Waals surface area contributed by atoms with E-state index in [9.17, 15) is 0 Å².